The predicted octanol–water partition coefficient (Wildman–Crippen LogP) is 1.54. The topological polar surface area (TPSA) is 26.3 Å². The van der Waals surface area contributed by atoms with Crippen molar-refractivity contribution in [2.45, 2.75) is 37.7 Å². The van der Waals surface area contributed by atoms with E-state index < -0.39 is 0 Å². The first-order chi connectivity index (χ1) is 5.72. The van der Waals surface area contributed by atoms with Gasteiger partial charge in [-0.3, -0.25) is 4.79 Å². The number of terminal acetylenes is 1. The maximum Gasteiger partial charge on any atom is 0.147 e. The van der Waals surface area contributed by atoms with Crippen molar-refractivity contribution >= 4 is 5.78 Å². The monoisotopic (exact) mass is 166 g/mol. The van der Waals surface area contributed by atoms with Crippen LogP contribution >= 0.6 is 0 Å². The number of methoxy groups -OCH3 is 1. The third-order valence-corrected chi connectivity index (χ3v) is 2.52. The number of ether oxygens (including phenoxy) is 1. The molecule has 0 aliphatic heterocycles. The number of hydrogen-bond donors (Lipinski definition) is 0. The van der Waals surface area contributed by atoms with E-state index in [-0.39, 0.29) is 17.8 Å². The summed E-state index contributed by atoms with van der Waals surface area (Å²) in [5.74, 6) is 2.48. The highest BCUT2D eigenvalue weighted by atomic mass is 16.5. The molecule has 0 radical (unpaired) electrons. The summed E-state index contributed by atoms with van der Waals surface area (Å²) in [7, 11) is 1.67. The molecule has 0 heterocycles. The van der Waals surface area contributed by atoms with E-state index in [2.05, 4.69) is 5.92 Å². The number of carbonyl (C=O) groups is 1. The van der Waals surface area contributed by atoms with Crippen molar-refractivity contribution in [3.8, 4) is 12.3 Å². The first-order valence-corrected chi connectivity index (χ1v) is 4.23. The summed E-state index contributed by atoms with van der Waals surface area (Å²) in [6.45, 7) is 0. The van der Waals surface area contributed by atoms with Crippen LogP contribution in [0.4, 0.5) is 0 Å². The Kier molecular flexibility index (Phi) is 2.88. The summed E-state index contributed by atoms with van der Waals surface area (Å²) in [6.07, 6.45) is 8.94. The number of rotatable bonds is 4. The molecule has 0 aromatic rings. The maximum absolute atomic E-state index is 11.2. The van der Waals surface area contributed by atoms with Gasteiger partial charge < -0.3 is 4.74 Å². The zero-order chi connectivity index (χ0) is 9.03. The van der Waals surface area contributed by atoms with Gasteiger partial charge in [0.05, 0.1) is 12.0 Å². The third kappa shape index (κ3) is 1.86. The van der Waals surface area contributed by atoms with E-state index in [1.54, 1.807) is 7.11 Å². The first-order valence-electron chi connectivity index (χ1n) is 4.23. The fraction of sp³-hybridized carbons (Fsp3) is 0.700. The number of carbonyl (C=O) groups excluding carboxylic acids is 1. The average Bonchev–Trinajstić information content (AvgIpc) is 1.97. The SMILES string of the molecule is C#CCC(=O)CC1(OC)CCC1. The maximum atomic E-state index is 11.2. The molecule has 66 valence electrons. The normalized spacial score (nSPS) is 19.3. The molecule has 2 nitrogen and oxygen atoms in total. The van der Waals surface area contributed by atoms with E-state index in [1.165, 1.54) is 0 Å². The van der Waals surface area contributed by atoms with Gasteiger partial charge in [0.1, 0.15) is 5.78 Å². The Labute approximate surface area is 73.3 Å². The summed E-state index contributed by atoms with van der Waals surface area (Å²) in [5.41, 5.74) is -0.159. The van der Waals surface area contributed by atoms with Crippen molar-refractivity contribution < 1.29 is 9.53 Å². The van der Waals surface area contributed by atoms with Crippen LogP contribution in [0.5, 0.6) is 0 Å². The molecule has 0 saturated heterocycles. The van der Waals surface area contributed by atoms with Crippen molar-refractivity contribution in [2.75, 3.05) is 7.11 Å². The van der Waals surface area contributed by atoms with E-state index in [9.17, 15) is 4.79 Å². The van der Waals surface area contributed by atoms with Crippen molar-refractivity contribution in [3.05, 3.63) is 0 Å². The number of hydrogen-bond acceptors (Lipinski definition) is 2. The Morgan fingerprint density at radius 3 is 2.67 bits per heavy atom. The molecule has 0 amide bonds. The van der Waals surface area contributed by atoms with Gasteiger partial charge in [-0.15, -0.1) is 6.42 Å². The molecule has 1 aliphatic rings. The van der Waals surface area contributed by atoms with E-state index in [0.29, 0.717) is 6.42 Å². The second-order valence-corrected chi connectivity index (χ2v) is 3.34. The van der Waals surface area contributed by atoms with Gasteiger partial charge >= 0.3 is 0 Å². The van der Waals surface area contributed by atoms with E-state index in [1.807, 2.05) is 0 Å². The Morgan fingerprint density at radius 2 is 2.33 bits per heavy atom. The van der Waals surface area contributed by atoms with Gasteiger partial charge in [0, 0.05) is 13.5 Å². The lowest BCUT2D eigenvalue weighted by molar-refractivity contribution is -0.131. The summed E-state index contributed by atoms with van der Waals surface area (Å²) in [4.78, 5) is 11.2. The fourth-order valence-electron chi connectivity index (χ4n) is 1.56. The van der Waals surface area contributed by atoms with Gasteiger partial charge in [0.2, 0.25) is 0 Å². The Morgan fingerprint density at radius 1 is 1.67 bits per heavy atom. The van der Waals surface area contributed by atoms with Crippen LogP contribution in [-0.2, 0) is 9.53 Å². The Hall–Kier alpha value is -0.810. The second kappa shape index (κ2) is 3.73. The van der Waals surface area contributed by atoms with E-state index >= 15 is 0 Å². The molecule has 0 bridgehead atoms. The summed E-state index contributed by atoms with van der Waals surface area (Å²) in [6, 6.07) is 0. The highest BCUT2D eigenvalue weighted by molar-refractivity contribution is 5.81. The highest BCUT2D eigenvalue weighted by Gasteiger charge is 2.38. The van der Waals surface area contributed by atoms with Gasteiger partial charge in [-0.05, 0) is 19.3 Å². The quantitative estimate of drug-likeness (QED) is 0.592. The van der Waals surface area contributed by atoms with Crippen LogP contribution in [0.3, 0.4) is 0 Å². The minimum atomic E-state index is -0.159. The van der Waals surface area contributed by atoms with Crippen molar-refractivity contribution in [1.82, 2.24) is 0 Å². The zero-order valence-corrected chi connectivity index (χ0v) is 7.43. The van der Waals surface area contributed by atoms with Crippen LogP contribution < -0.4 is 0 Å². The molecule has 1 saturated carbocycles. The average molecular weight is 166 g/mol. The standard InChI is InChI=1S/C10H14O2/c1-3-5-9(11)8-10(12-2)6-4-7-10/h1H,4-8H2,2H3. The van der Waals surface area contributed by atoms with Crippen LogP contribution in [0.2, 0.25) is 0 Å². The molecular formula is C10H14O2. The van der Waals surface area contributed by atoms with E-state index in [4.69, 9.17) is 11.2 Å². The van der Waals surface area contributed by atoms with Gasteiger partial charge in [-0.1, -0.05) is 5.92 Å². The molecule has 1 aliphatic carbocycles. The molecule has 0 unspecified atom stereocenters. The van der Waals surface area contributed by atoms with Gasteiger partial charge in [-0.25, -0.2) is 0 Å². The minimum absolute atomic E-state index is 0.124. The smallest absolute Gasteiger partial charge is 0.147 e. The van der Waals surface area contributed by atoms with Crippen LogP contribution in [0.15, 0.2) is 0 Å². The van der Waals surface area contributed by atoms with Gasteiger partial charge in [-0.2, -0.15) is 0 Å². The molecule has 1 fully saturated rings. The molecule has 0 aromatic carbocycles. The van der Waals surface area contributed by atoms with Crippen LogP contribution in [-0.4, -0.2) is 18.5 Å². The Balaban J connectivity index is 2.38. The number of Topliss-reactive ketones (excluding diaryl/α,β-unsaturated/α-hetero) is 1. The van der Waals surface area contributed by atoms with Crippen LogP contribution in [0.25, 0.3) is 0 Å². The fourth-order valence-corrected chi connectivity index (χ4v) is 1.56. The van der Waals surface area contributed by atoms with Crippen molar-refractivity contribution in [3.63, 3.8) is 0 Å². The highest BCUT2D eigenvalue weighted by Crippen LogP contribution is 2.38. The lowest BCUT2D eigenvalue weighted by Crippen LogP contribution is -2.41. The minimum Gasteiger partial charge on any atom is -0.378 e. The molecule has 0 aromatic heterocycles. The molecule has 0 spiro atoms. The largest absolute Gasteiger partial charge is 0.378 e. The van der Waals surface area contributed by atoms with Crippen molar-refractivity contribution in [2.24, 2.45) is 0 Å². The Bertz CT molecular complexity index is 203. The first kappa shape index (κ1) is 9.28. The molecular weight excluding hydrogens is 152 g/mol. The van der Waals surface area contributed by atoms with E-state index in [0.717, 1.165) is 19.3 Å². The number of ketones is 1. The molecule has 1 rings (SSSR count). The lowest BCUT2D eigenvalue weighted by Gasteiger charge is -2.39. The van der Waals surface area contributed by atoms with Crippen LogP contribution in [0.1, 0.15) is 32.1 Å². The predicted molar refractivity (Wildman–Crippen MR) is 46.7 cm³/mol. The molecule has 0 atom stereocenters. The third-order valence-electron chi connectivity index (χ3n) is 2.52. The molecule has 0 N–H and O–H groups in total. The van der Waals surface area contributed by atoms with Crippen molar-refractivity contribution in [1.29, 1.82) is 0 Å². The van der Waals surface area contributed by atoms with Crippen LogP contribution in [0, 0.1) is 12.3 Å². The second-order valence-electron chi connectivity index (χ2n) is 3.34. The zero-order valence-electron chi connectivity index (χ0n) is 7.43. The van der Waals surface area contributed by atoms with Gasteiger partial charge in [0.25, 0.3) is 0 Å². The van der Waals surface area contributed by atoms with Gasteiger partial charge in [0.15, 0.2) is 0 Å². The molecule has 2 heteroatoms. The molecule has 12 heavy (non-hydrogen) atoms. The summed E-state index contributed by atoms with van der Waals surface area (Å²) >= 11 is 0. The summed E-state index contributed by atoms with van der Waals surface area (Å²) < 4.78 is 5.30. The lowest BCUT2D eigenvalue weighted by atomic mass is 9.76. The summed E-state index contributed by atoms with van der Waals surface area (Å²) in [5, 5.41) is 0.